The van der Waals surface area contributed by atoms with E-state index in [1.807, 2.05) is 19.9 Å². The van der Waals surface area contributed by atoms with Crippen LogP contribution >= 0.6 is 0 Å². The van der Waals surface area contributed by atoms with Crippen LogP contribution in [0, 0.1) is 0 Å². The SMILES string of the molecule is [B]C(=C)/C=C(/C)C(=C)C. The zero-order chi connectivity index (χ0) is 7.44. The molecule has 0 N–H and O–H groups in total. The van der Waals surface area contributed by atoms with Crippen molar-refractivity contribution in [1.29, 1.82) is 0 Å². The van der Waals surface area contributed by atoms with E-state index < -0.39 is 0 Å². The van der Waals surface area contributed by atoms with Crippen LogP contribution in [0.15, 0.2) is 35.9 Å². The van der Waals surface area contributed by atoms with Gasteiger partial charge in [0.1, 0.15) is 7.85 Å². The van der Waals surface area contributed by atoms with Crippen molar-refractivity contribution in [3.63, 3.8) is 0 Å². The highest BCUT2D eigenvalue weighted by atomic mass is 13.9. The molecule has 0 spiro atoms. The Morgan fingerprint density at radius 1 is 1.33 bits per heavy atom. The number of hydrogen-bond donors (Lipinski definition) is 0. The molecule has 9 heavy (non-hydrogen) atoms. The fourth-order valence-electron chi connectivity index (χ4n) is 0.401. The van der Waals surface area contributed by atoms with Crippen LogP contribution in [0.2, 0.25) is 0 Å². The molecule has 1 heteroatoms. The summed E-state index contributed by atoms with van der Waals surface area (Å²) in [5.74, 6) is 0. The van der Waals surface area contributed by atoms with Gasteiger partial charge in [-0.05, 0) is 19.4 Å². The Balaban J connectivity index is 4.17. The average Bonchev–Trinajstić information content (AvgIpc) is 1.63. The monoisotopic (exact) mass is 118 g/mol. The summed E-state index contributed by atoms with van der Waals surface area (Å²) in [6, 6.07) is 0. The second-order valence-corrected chi connectivity index (χ2v) is 2.18. The predicted molar refractivity (Wildman–Crippen MR) is 43.5 cm³/mol. The van der Waals surface area contributed by atoms with E-state index >= 15 is 0 Å². The molecule has 0 heterocycles. The fourth-order valence-corrected chi connectivity index (χ4v) is 0.401. The number of rotatable bonds is 2. The Hall–Kier alpha value is -0.715. The van der Waals surface area contributed by atoms with E-state index in [2.05, 4.69) is 13.2 Å². The molecule has 2 radical (unpaired) electrons. The highest BCUT2D eigenvalue weighted by Crippen LogP contribution is 2.05. The van der Waals surface area contributed by atoms with Crippen LogP contribution in [-0.2, 0) is 0 Å². The van der Waals surface area contributed by atoms with E-state index in [-0.39, 0.29) is 0 Å². The quantitative estimate of drug-likeness (QED) is 0.385. The molecule has 0 unspecified atom stereocenters. The van der Waals surface area contributed by atoms with Gasteiger partial charge in [-0.2, -0.15) is 0 Å². The molecule has 0 aliphatic carbocycles. The molecule has 0 atom stereocenters. The first-order valence-corrected chi connectivity index (χ1v) is 2.82. The van der Waals surface area contributed by atoms with E-state index in [0.29, 0.717) is 5.47 Å². The van der Waals surface area contributed by atoms with Crippen molar-refractivity contribution in [2.75, 3.05) is 0 Å². The molecule has 0 aliphatic heterocycles. The van der Waals surface area contributed by atoms with Gasteiger partial charge in [-0.3, -0.25) is 0 Å². The molecule has 0 rings (SSSR count). The fraction of sp³-hybridized carbons (Fsp3) is 0.250. The maximum atomic E-state index is 5.32. The van der Waals surface area contributed by atoms with E-state index in [1.54, 1.807) is 0 Å². The highest BCUT2D eigenvalue weighted by molar-refractivity contribution is 6.23. The number of hydrogen-bond acceptors (Lipinski definition) is 0. The van der Waals surface area contributed by atoms with Crippen LogP contribution in [0.1, 0.15) is 13.8 Å². The van der Waals surface area contributed by atoms with Gasteiger partial charge in [0.25, 0.3) is 0 Å². The van der Waals surface area contributed by atoms with Gasteiger partial charge < -0.3 is 0 Å². The lowest BCUT2D eigenvalue weighted by Gasteiger charge is -1.96. The van der Waals surface area contributed by atoms with Crippen molar-refractivity contribution in [2.24, 2.45) is 0 Å². The molecular weight excluding hydrogens is 107 g/mol. The minimum Gasteiger partial charge on any atom is -0.106 e. The standard InChI is InChI=1S/C8H11B/c1-6(2)7(3)5-8(4)9/h5H,1,4H2,2-3H3/b7-5-. The minimum atomic E-state index is 0.579. The summed E-state index contributed by atoms with van der Waals surface area (Å²) in [4.78, 5) is 0. The Labute approximate surface area is 58.4 Å². The molecule has 46 valence electrons. The zero-order valence-electron chi connectivity index (χ0n) is 6.07. The van der Waals surface area contributed by atoms with Crippen LogP contribution in [0.4, 0.5) is 0 Å². The van der Waals surface area contributed by atoms with Crippen molar-refractivity contribution < 1.29 is 0 Å². The summed E-state index contributed by atoms with van der Waals surface area (Å²) in [7, 11) is 5.32. The Morgan fingerprint density at radius 3 is 1.89 bits per heavy atom. The van der Waals surface area contributed by atoms with Crippen molar-refractivity contribution in [2.45, 2.75) is 13.8 Å². The molecule has 0 aromatic carbocycles. The van der Waals surface area contributed by atoms with E-state index in [1.165, 1.54) is 0 Å². The third kappa shape index (κ3) is 3.83. The highest BCUT2D eigenvalue weighted by Gasteiger charge is 1.86. The summed E-state index contributed by atoms with van der Waals surface area (Å²) in [5, 5.41) is 0. The van der Waals surface area contributed by atoms with E-state index in [0.717, 1.165) is 11.1 Å². The Bertz CT molecular complexity index is 163. The lowest BCUT2D eigenvalue weighted by Crippen LogP contribution is -1.78. The third-order valence-electron chi connectivity index (χ3n) is 1.08. The van der Waals surface area contributed by atoms with Gasteiger partial charge in [-0.25, -0.2) is 0 Å². The molecule has 0 aromatic rings. The van der Waals surface area contributed by atoms with Crippen molar-refractivity contribution >= 4 is 7.85 Å². The van der Waals surface area contributed by atoms with Gasteiger partial charge in [0.2, 0.25) is 0 Å². The third-order valence-corrected chi connectivity index (χ3v) is 1.08. The first-order chi connectivity index (χ1) is 4.04. The maximum Gasteiger partial charge on any atom is 0.112 e. The lowest BCUT2D eigenvalue weighted by molar-refractivity contribution is 1.36. The molecule has 0 saturated carbocycles. The van der Waals surface area contributed by atoms with E-state index in [9.17, 15) is 0 Å². The summed E-state index contributed by atoms with van der Waals surface area (Å²) < 4.78 is 0. The molecule has 0 saturated heterocycles. The molecule has 0 aromatic heterocycles. The molecule has 0 bridgehead atoms. The Kier molecular flexibility index (Phi) is 3.07. The molecular formula is C8H11B. The second kappa shape index (κ2) is 3.34. The van der Waals surface area contributed by atoms with Crippen LogP contribution in [-0.4, -0.2) is 7.85 Å². The topological polar surface area (TPSA) is 0 Å². The van der Waals surface area contributed by atoms with Crippen LogP contribution < -0.4 is 0 Å². The molecule has 0 amide bonds. The van der Waals surface area contributed by atoms with Crippen LogP contribution in [0.3, 0.4) is 0 Å². The predicted octanol–water partition coefficient (Wildman–Crippen LogP) is 2.19. The van der Waals surface area contributed by atoms with Gasteiger partial charge in [0.15, 0.2) is 0 Å². The normalized spacial score (nSPS) is 11.1. The van der Waals surface area contributed by atoms with Gasteiger partial charge >= 0.3 is 0 Å². The van der Waals surface area contributed by atoms with Crippen molar-refractivity contribution in [1.82, 2.24) is 0 Å². The maximum absolute atomic E-state index is 5.32. The van der Waals surface area contributed by atoms with Crippen molar-refractivity contribution in [3.8, 4) is 0 Å². The largest absolute Gasteiger partial charge is 0.112 e. The number of allylic oxidation sites excluding steroid dienone is 4. The summed E-state index contributed by atoms with van der Waals surface area (Å²) >= 11 is 0. The van der Waals surface area contributed by atoms with Gasteiger partial charge in [0.05, 0.1) is 0 Å². The Morgan fingerprint density at radius 2 is 1.78 bits per heavy atom. The summed E-state index contributed by atoms with van der Waals surface area (Å²) in [6.07, 6.45) is 1.81. The first kappa shape index (κ1) is 8.28. The van der Waals surface area contributed by atoms with E-state index in [4.69, 9.17) is 7.85 Å². The van der Waals surface area contributed by atoms with Crippen molar-refractivity contribution in [3.05, 3.63) is 35.9 Å². The molecule has 0 aliphatic rings. The lowest BCUT2D eigenvalue weighted by atomic mass is 9.94. The summed E-state index contributed by atoms with van der Waals surface area (Å²) in [6.45, 7) is 11.2. The molecule has 0 nitrogen and oxygen atoms in total. The van der Waals surface area contributed by atoms with Gasteiger partial charge in [0, 0.05) is 0 Å². The second-order valence-electron chi connectivity index (χ2n) is 2.18. The van der Waals surface area contributed by atoms with Crippen LogP contribution in [0.25, 0.3) is 0 Å². The first-order valence-electron chi connectivity index (χ1n) is 2.82. The van der Waals surface area contributed by atoms with Gasteiger partial charge in [-0.15, -0.1) is 12.1 Å². The zero-order valence-corrected chi connectivity index (χ0v) is 6.07. The minimum absolute atomic E-state index is 0.579. The molecule has 0 fully saturated rings. The van der Waals surface area contributed by atoms with Crippen LogP contribution in [0.5, 0.6) is 0 Å². The summed E-state index contributed by atoms with van der Waals surface area (Å²) in [5.41, 5.74) is 2.69. The average molecular weight is 118 g/mol. The van der Waals surface area contributed by atoms with Gasteiger partial charge in [-0.1, -0.05) is 18.2 Å². The smallest absolute Gasteiger partial charge is 0.106 e.